The van der Waals surface area contributed by atoms with E-state index in [1.807, 2.05) is 0 Å². The molecule has 10 nitrogen and oxygen atoms in total. The van der Waals surface area contributed by atoms with E-state index < -0.39 is 29.6 Å². The summed E-state index contributed by atoms with van der Waals surface area (Å²) in [5.41, 5.74) is 0.475. The standard InChI is InChI=1S/C30H39BN4O6/c1-18(2)12-26(31-40-25-15-21-14-24(29(21,3)4)30(25,5)41-31)34-27(36)16-23(19-8-6-10-22(13-19)35(38)39)33-28(37)20-9-7-11-32-17-20/h6-11,13,17-18,21,23-26H,12,14-16H2,1-5H3,(H,33,37)(H,34,36)/t21-,23?,24-,25+,26-,30-/m0/s1. The van der Waals surface area contributed by atoms with Crippen molar-refractivity contribution >= 4 is 24.6 Å². The van der Waals surface area contributed by atoms with Crippen LogP contribution < -0.4 is 10.6 Å². The van der Waals surface area contributed by atoms with Gasteiger partial charge in [0.1, 0.15) is 0 Å². The zero-order chi connectivity index (χ0) is 29.5. The Morgan fingerprint density at radius 3 is 2.61 bits per heavy atom. The number of rotatable bonds is 10. The molecule has 6 atom stereocenters. The SMILES string of the molecule is CC(C)C[C@H](NC(=O)CC(NC(=O)c1cccnc1)c1cccc([N+](=O)[O-])c1)B1O[C@@H]2C[C@@H]3C[C@@H](C3(C)C)[C@]2(C)O1. The maximum atomic E-state index is 13.6. The van der Waals surface area contributed by atoms with Crippen LogP contribution in [0.5, 0.6) is 0 Å². The summed E-state index contributed by atoms with van der Waals surface area (Å²) >= 11 is 0. The second kappa shape index (κ2) is 11.2. The molecule has 0 radical (unpaired) electrons. The predicted octanol–water partition coefficient (Wildman–Crippen LogP) is 4.65. The zero-order valence-corrected chi connectivity index (χ0v) is 24.3. The van der Waals surface area contributed by atoms with E-state index in [2.05, 4.69) is 50.2 Å². The smallest absolute Gasteiger partial charge is 0.404 e. The number of aromatic nitrogens is 1. The van der Waals surface area contributed by atoms with E-state index in [1.165, 1.54) is 18.3 Å². The summed E-state index contributed by atoms with van der Waals surface area (Å²) in [6.07, 6.45) is 5.61. The van der Waals surface area contributed by atoms with Crippen molar-refractivity contribution in [3.63, 3.8) is 0 Å². The third-order valence-corrected chi connectivity index (χ3v) is 9.47. The van der Waals surface area contributed by atoms with Crippen molar-refractivity contribution in [2.45, 2.75) is 84.0 Å². The van der Waals surface area contributed by atoms with Crippen molar-refractivity contribution in [3.8, 4) is 0 Å². The first-order chi connectivity index (χ1) is 19.4. The summed E-state index contributed by atoms with van der Waals surface area (Å²) < 4.78 is 13.2. The Balaban J connectivity index is 1.33. The van der Waals surface area contributed by atoms with E-state index >= 15 is 0 Å². The number of nitrogens with one attached hydrogen (secondary N) is 2. The number of hydrogen-bond acceptors (Lipinski definition) is 7. The highest BCUT2D eigenvalue weighted by Gasteiger charge is 2.68. The van der Waals surface area contributed by atoms with Crippen LogP contribution in [0.3, 0.4) is 0 Å². The Morgan fingerprint density at radius 1 is 1.17 bits per heavy atom. The number of hydrogen-bond donors (Lipinski definition) is 2. The molecule has 2 amide bonds. The predicted molar refractivity (Wildman–Crippen MR) is 154 cm³/mol. The minimum absolute atomic E-state index is 0.00720. The average molecular weight is 562 g/mol. The van der Waals surface area contributed by atoms with Gasteiger partial charge in [0, 0.05) is 24.5 Å². The van der Waals surface area contributed by atoms with Crippen LogP contribution in [0.25, 0.3) is 0 Å². The van der Waals surface area contributed by atoms with Gasteiger partial charge in [-0.3, -0.25) is 24.7 Å². The molecule has 3 aliphatic carbocycles. The zero-order valence-electron chi connectivity index (χ0n) is 24.3. The average Bonchev–Trinajstić information content (AvgIpc) is 3.29. The number of carbonyl (C=O) groups is 2. The molecular weight excluding hydrogens is 523 g/mol. The fraction of sp³-hybridized carbons (Fsp3) is 0.567. The molecule has 41 heavy (non-hydrogen) atoms. The molecule has 2 heterocycles. The van der Waals surface area contributed by atoms with Gasteiger partial charge in [-0.2, -0.15) is 0 Å². The normalized spacial score (nSPS) is 27.4. The molecule has 6 rings (SSSR count). The lowest BCUT2D eigenvalue weighted by Crippen LogP contribution is -2.65. The van der Waals surface area contributed by atoms with Crippen molar-refractivity contribution in [3.05, 3.63) is 70.0 Å². The lowest BCUT2D eigenvalue weighted by molar-refractivity contribution is -0.384. The number of nitro benzene ring substituents is 1. The van der Waals surface area contributed by atoms with Gasteiger partial charge in [-0.25, -0.2) is 0 Å². The van der Waals surface area contributed by atoms with Crippen molar-refractivity contribution in [2.75, 3.05) is 0 Å². The number of nitro groups is 1. The molecule has 2 bridgehead atoms. The largest absolute Gasteiger partial charge is 0.481 e. The molecule has 2 aromatic rings. The molecule has 0 spiro atoms. The minimum atomic E-state index is -0.805. The second-order valence-electron chi connectivity index (χ2n) is 13.0. The first-order valence-electron chi connectivity index (χ1n) is 14.5. The Labute approximate surface area is 241 Å². The molecular formula is C30H39BN4O6. The van der Waals surface area contributed by atoms with Crippen molar-refractivity contribution in [1.82, 2.24) is 15.6 Å². The lowest BCUT2D eigenvalue weighted by Gasteiger charge is -2.64. The lowest BCUT2D eigenvalue weighted by atomic mass is 9.43. The summed E-state index contributed by atoms with van der Waals surface area (Å²) in [7, 11) is -0.576. The van der Waals surface area contributed by atoms with Crippen LogP contribution in [-0.4, -0.2) is 46.5 Å². The van der Waals surface area contributed by atoms with Crippen LogP contribution in [0.4, 0.5) is 5.69 Å². The maximum Gasteiger partial charge on any atom is 0.481 e. The highest BCUT2D eigenvalue weighted by atomic mass is 16.7. The maximum absolute atomic E-state index is 13.6. The number of pyridine rings is 1. The molecule has 4 aliphatic rings. The second-order valence-corrected chi connectivity index (χ2v) is 13.0. The van der Waals surface area contributed by atoms with Crippen LogP contribution in [0.15, 0.2) is 48.8 Å². The topological polar surface area (TPSA) is 133 Å². The Bertz CT molecular complexity index is 1310. The van der Waals surface area contributed by atoms with Crippen molar-refractivity contribution < 1.29 is 23.8 Å². The molecule has 218 valence electrons. The molecule has 1 aromatic carbocycles. The first kappa shape index (κ1) is 29.2. The van der Waals surface area contributed by atoms with Gasteiger partial charge in [-0.15, -0.1) is 0 Å². The monoisotopic (exact) mass is 562 g/mol. The molecule has 1 aromatic heterocycles. The molecule has 4 fully saturated rings. The summed E-state index contributed by atoms with van der Waals surface area (Å²) in [4.78, 5) is 41.5. The fourth-order valence-electron chi connectivity index (χ4n) is 7.11. The number of benzene rings is 1. The summed E-state index contributed by atoms with van der Waals surface area (Å²) in [6, 6.07) is 8.43. The number of amides is 2. The van der Waals surface area contributed by atoms with E-state index in [-0.39, 0.29) is 41.4 Å². The van der Waals surface area contributed by atoms with Gasteiger partial charge < -0.3 is 19.9 Å². The number of nitrogens with zero attached hydrogens (tertiary/aromatic N) is 2. The van der Waals surface area contributed by atoms with Gasteiger partial charge in [0.05, 0.1) is 40.6 Å². The Morgan fingerprint density at radius 2 is 1.95 bits per heavy atom. The number of non-ortho nitro benzene ring substituents is 1. The van der Waals surface area contributed by atoms with E-state index in [0.717, 1.165) is 12.8 Å². The van der Waals surface area contributed by atoms with Crippen LogP contribution in [0.2, 0.25) is 0 Å². The van der Waals surface area contributed by atoms with Crippen LogP contribution in [0.1, 0.15) is 82.3 Å². The van der Waals surface area contributed by atoms with Crippen molar-refractivity contribution in [2.24, 2.45) is 23.2 Å². The summed E-state index contributed by atoms with van der Waals surface area (Å²) in [6.45, 7) is 10.9. The van der Waals surface area contributed by atoms with Crippen LogP contribution in [-0.2, 0) is 14.1 Å². The Hall–Kier alpha value is -3.31. The minimum Gasteiger partial charge on any atom is -0.404 e. The summed E-state index contributed by atoms with van der Waals surface area (Å²) in [5, 5.41) is 17.4. The van der Waals surface area contributed by atoms with E-state index in [4.69, 9.17) is 9.31 Å². The van der Waals surface area contributed by atoms with E-state index in [0.29, 0.717) is 29.4 Å². The highest BCUT2D eigenvalue weighted by molar-refractivity contribution is 6.47. The third kappa shape index (κ3) is 5.74. The van der Waals surface area contributed by atoms with Gasteiger partial charge in [-0.05, 0) is 67.1 Å². The van der Waals surface area contributed by atoms with Gasteiger partial charge in [-0.1, -0.05) is 39.8 Å². The molecule has 1 unspecified atom stereocenters. The van der Waals surface area contributed by atoms with Gasteiger partial charge >= 0.3 is 7.12 Å². The molecule has 2 N–H and O–H groups in total. The van der Waals surface area contributed by atoms with Crippen LogP contribution >= 0.6 is 0 Å². The molecule has 3 saturated carbocycles. The fourth-order valence-corrected chi connectivity index (χ4v) is 7.11. The molecule has 1 saturated heterocycles. The van der Waals surface area contributed by atoms with E-state index in [9.17, 15) is 19.7 Å². The summed E-state index contributed by atoms with van der Waals surface area (Å²) in [5.74, 6) is 0.166. The third-order valence-electron chi connectivity index (χ3n) is 9.47. The molecule has 1 aliphatic heterocycles. The van der Waals surface area contributed by atoms with Gasteiger partial charge in [0.25, 0.3) is 11.6 Å². The van der Waals surface area contributed by atoms with Crippen LogP contribution in [0, 0.1) is 33.3 Å². The van der Waals surface area contributed by atoms with Gasteiger partial charge in [0.15, 0.2) is 0 Å². The van der Waals surface area contributed by atoms with E-state index in [1.54, 1.807) is 30.5 Å². The van der Waals surface area contributed by atoms with Gasteiger partial charge in [0.2, 0.25) is 5.91 Å². The Kier molecular flexibility index (Phi) is 7.95. The first-order valence-corrected chi connectivity index (χ1v) is 14.5. The quantitative estimate of drug-likeness (QED) is 0.245. The highest BCUT2D eigenvalue weighted by Crippen LogP contribution is 2.65. The number of carbonyl (C=O) groups excluding carboxylic acids is 2. The molecule has 11 heteroatoms. The van der Waals surface area contributed by atoms with Crippen molar-refractivity contribution in [1.29, 1.82) is 0 Å².